The van der Waals surface area contributed by atoms with E-state index in [0.717, 1.165) is 48.9 Å². The van der Waals surface area contributed by atoms with Gasteiger partial charge >= 0.3 is 0 Å². The second-order valence-corrected chi connectivity index (χ2v) is 4.53. The Morgan fingerprint density at radius 3 is 2.67 bits per heavy atom. The van der Waals surface area contributed by atoms with Crippen LogP contribution in [0.3, 0.4) is 0 Å². The van der Waals surface area contributed by atoms with Gasteiger partial charge in [-0.1, -0.05) is 13.8 Å². The molecule has 0 saturated carbocycles. The molecule has 0 atom stereocenters. The van der Waals surface area contributed by atoms with Gasteiger partial charge in [0, 0.05) is 18.8 Å². The summed E-state index contributed by atoms with van der Waals surface area (Å²) in [5.74, 6) is 1.83. The molecule has 0 radical (unpaired) electrons. The maximum atomic E-state index is 5.78. The maximum Gasteiger partial charge on any atom is 0.146 e. The van der Waals surface area contributed by atoms with Gasteiger partial charge in [-0.15, -0.1) is 0 Å². The average Bonchev–Trinajstić information content (AvgIpc) is 2.37. The Bertz CT molecular complexity index is 437. The highest BCUT2D eigenvalue weighted by Gasteiger charge is 2.17. The average molecular weight is 247 g/mol. The lowest BCUT2D eigenvalue weighted by Crippen LogP contribution is -2.37. The molecule has 1 aliphatic rings. The number of aliphatic imine (C=N–C) groups is 1. The van der Waals surface area contributed by atoms with E-state index in [4.69, 9.17) is 10.5 Å². The minimum atomic E-state index is 0.552. The fourth-order valence-electron chi connectivity index (χ4n) is 2.13. The summed E-state index contributed by atoms with van der Waals surface area (Å²) in [5, 5.41) is 0. The van der Waals surface area contributed by atoms with Gasteiger partial charge in [-0.05, 0) is 31.0 Å². The number of hydrogen-bond acceptors (Lipinski definition) is 4. The van der Waals surface area contributed by atoms with Crippen molar-refractivity contribution < 1.29 is 4.74 Å². The van der Waals surface area contributed by atoms with Crippen LogP contribution in [0.15, 0.2) is 23.2 Å². The quantitative estimate of drug-likeness (QED) is 0.832. The number of anilines is 1. The molecular weight excluding hydrogens is 226 g/mol. The summed E-state index contributed by atoms with van der Waals surface area (Å²) in [5.41, 5.74) is 7.35. The molecule has 0 amide bonds. The number of hydrogen-bond donors (Lipinski definition) is 1. The van der Waals surface area contributed by atoms with Crippen LogP contribution in [0.4, 0.5) is 11.4 Å². The Labute approximate surface area is 108 Å². The van der Waals surface area contributed by atoms with Gasteiger partial charge in [0.1, 0.15) is 23.9 Å². The zero-order chi connectivity index (χ0) is 13.0. The number of nitrogens with two attached hydrogens (primary N) is 1. The van der Waals surface area contributed by atoms with Crippen molar-refractivity contribution in [2.45, 2.75) is 26.7 Å². The molecular formula is C14H21N3O. The van der Waals surface area contributed by atoms with Crippen molar-refractivity contribution in [3.63, 3.8) is 0 Å². The molecule has 1 aliphatic heterocycles. The van der Waals surface area contributed by atoms with Gasteiger partial charge in [-0.3, -0.25) is 0 Å². The maximum absolute atomic E-state index is 5.78. The monoisotopic (exact) mass is 247 g/mol. The zero-order valence-corrected chi connectivity index (χ0v) is 11.1. The van der Waals surface area contributed by atoms with Crippen molar-refractivity contribution in [1.29, 1.82) is 0 Å². The smallest absolute Gasteiger partial charge is 0.146 e. The van der Waals surface area contributed by atoms with Gasteiger partial charge in [0.15, 0.2) is 0 Å². The van der Waals surface area contributed by atoms with Crippen LogP contribution in [0.5, 0.6) is 5.75 Å². The standard InChI is InChI=1S/C14H21N3O/c1-3-7-17(8-4-2)14-10-18-13-6-5-11(15)9-12(13)16-14/h5-6,9H,3-4,7-8,10,15H2,1-2H3. The van der Waals surface area contributed by atoms with Crippen molar-refractivity contribution in [3.05, 3.63) is 18.2 Å². The Morgan fingerprint density at radius 2 is 2.00 bits per heavy atom. The minimum absolute atomic E-state index is 0.552. The van der Waals surface area contributed by atoms with E-state index in [1.54, 1.807) is 0 Å². The molecule has 0 aliphatic carbocycles. The SMILES string of the molecule is CCCN(CCC)C1=Nc2cc(N)ccc2OC1. The number of ether oxygens (including phenoxy) is 1. The first-order valence-corrected chi connectivity index (χ1v) is 6.59. The second-order valence-electron chi connectivity index (χ2n) is 4.53. The van der Waals surface area contributed by atoms with Crippen LogP contribution in [0.2, 0.25) is 0 Å². The summed E-state index contributed by atoms with van der Waals surface area (Å²) in [6.45, 7) is 6.95. The molecule has 2 rings (SSSR count). The van der Waals surface area contributed by atoms with E-state index in [-0.39, 0.29) is 0 Å². The van der Waals surface area contributed by atoms with Crippen LogP contribution in [-0.4, -0.2) is 30.4 Å². The predicted octanol–water partition coefficient (Wildman–Crippen LogP) is 2.81. The molecule has 0 spiro atoms. The molecule has 4 nitrogen and oxygen atoms in total. The molecule has 4 heteroatoms. The van der Waals surface area contributed by atoms with Gasteiger partial charge in [0.25, 0.3) is 0 Å². The fraction of sp³-hybridized carbons (Fsp3) is 0.500. The van der Waals surface area contributed by atoms with E-state index in [0.29, 0.717) is 6.61 Å². The van der Waals surface area contributed by atoms with Crippen LogP contribution >= 0.6 is 0 Å². The Morgan fingerprint density at radius 1 is 1.28 bits per heavy atom. The van der Waals surface area contributed by atoms with Crippen LogP contribution in [-0.2, 0) is 0 Å². The van der Waals surface area contributed by atoms with Crippen molar-refractivity contribution in [2.75, 3.05) is 25.4 Å². The number of fused-ring (bicyclic) bond motifs is 1. The molecule has 0 unspecified atom stereocenters. The molecule has 18 heavy (non-hydrogen) atoms. The lowest BCUT2D eigenvalue weighted by Gasteiger charge is -2.28. The third-order valence-corrected chi connectivity index (χ3v) is 2.94. The Hall–Kier alpha value is -1.71. The lowest BCUT2D eigenvalue weighted by molar-refractivity contribution is 0.327. The van der Waals surface area contributed by atoms with Crippen molar-refractivity contribution >= 4 is 17.2 Å². The molecule has 0 saturated heterocycles. The van der Waals surface area contributed by atoms with Crippen LogP contribution in [0.25, 0.3) is 0 Å². The van der Waals surface area contributed by atoms with Crippen LogP contribution < -0.4 is 10.5 Å². The number of nitrogen functional groups attached to an aromatic ring is 1. The van der Waals surface area contributed by atoms with Gasteiger partial charge in [0.05, 0.1) is 0 Å². The van der Waals surface area contributed by atoms with Crippen molar-refractivity contribution in [2.24, 2.45) is 4.99 Å². The minimum Gasteiger partial charge on any atom is -0.483 e. The van der Waals surface area contributed by atoms with Crippen molar-refractivity contribution in [3.8, 4) is 5.75 Å². The third-order valence-electron chi connectivity index (χ3n) is 2.94. The normalized spacial score (nSPS) is 13.6. The second kappa shape index (κ2) is 5.76. The van der Waals surface area contributed by atoms with Gasteiger partial charge in [0.2, 0.25) is 0 Å². The summed E-state index contributed by atoms with van der Waals surface area (Å²) >= 11 is 0. The molecule has 0 bridgehead atoms. The molecule has 1 aromatic carbocycles. The van der Waals surface area contributed by atoms with Gasteiger partial charge in [-0.2, -0.15) is 0 Å². The van der Waals surface area contributed by atoms with E-state index in [1.807, 2.05) is 18.2 Å². The van der Waals surface area contributed by atoms with Crippen LogP contribution in [0, 0.1) is 0 Å². The molecule has 0 fully saturated rings. The van der Waals surface area contributed by atoms with Crippen LogP contribution in [0.1, 0.15) is 26.7 Å². The molecule has 98 valence electrons. The highest BCUT2D eigenvalue weighted by Crippen LogP contribution is 2.32. The zero-order valence-electron chi connectivity index (χ0n) is 11.1. The number of benzene rings is 1. The predicted molar refractivity (Wildman–Crippen MR) is 75.6 cm³/mol. The number of rotatable bonds is 4. The summed E-state index contributed by atoms with van der Waals surface area (Å²) in [6.07, 6.45) is 2.23. The van der Waals surface area contributed by atoms with E-state index < -0.39 is 0 Å². The summed E-state index contributed by atoms with van der Waals surface area (Å²) in [7, 11) is 0. The van der Waals surface area contributed by atoms with E-state index in [9.17, 15) is 0 Å². The fourth-order valence-corrected chi connectivity index (χ4v) is 2.13. The highest BCUT2D eigenvalue weighted by atomic mass is 16.5. The summed E-state index contributed by atoms with van der Waals surface area (Å²) < 4.78 is 5.74. The third kappa shape index (κ3) is 2.75. The van der Waals surface area contributed by atoms with Gasteiger partial charge in [-0.25, -0.2) is 4.99 Å². The Balaban J connectivity index is 2.24. The topological polar surface area (TPSA) is 50.8 Å². The number of amidine groups is 1. The largest absolute Gasteiger partial charge is 0.483 e. The van der Waals surface area contributed by atoms with E-state index >= 15 is 0 Å². The lowest BCUT2D eigenvalue weighted by atomic mass is 10.2. The molecule has 2 N–H and O–H groups in total. The Kier molecular flexibility index (Phi) is 4.07. The van der Waals surface area contributed by atoms with Gasteiger partial charge < -0.3 is 15.4 Å². The summed E-state index contributed by atoms with van der Waals surface area (Å²) in [4.78, 5) is 6.98. The first-order valence-electron chi connectivity index (χ1n) is 6.59. The number of nitrogens with zero attached hydrogens (tertiary/aromatic N) is 2. The highest BCUT2D eigenvalue weighted by molar-refractivity contribution is 5.89. The molecule has 1 heterocycles. The van der Waals surface area contributed by atoms with E-state index in [1.165, 1.54) is 0 Å². The van der Waals surface area contributed by atoms with Crippen molar-refractivity contribution in [1.82, 2.24) is 4.90 Å². The first kappa shape index (κ1) is 12.7. The summed E-state index contributed by atoms with van der Waals surface area (Å²) in [6, 6.07) is 5.59. The first-order chi connectivity index (χ1) is 8.74. The molecule has 0 aromatic heterocycles. The van der Waals surface area contributed by atoms with E-state index in [2.05, 4.69) is 23.7 Å². The molecule has 1 aromatic rings.